The normalized spacial score (nSPS) is 17.7. The van der Waals surface area contributed by atoms with E-state index in [1.54, 1.807) is 7.05 Å². The van der Waals surface area contributed by atoms with Crippen LogP contribution in [0.5, 0.6) is 0 Å². The van der Waals surface area contributed by atoms with Crippen LogP contribution in [0.4, 0.5) is 30.4 Å². The number of hydrogen-bond donors (Lipinski definition) is 4. The molecule has 27 heavy (non-hydrogen) atoms. The van der Waals surface area contributed by atoms with Crippen LogP contribution in [0.1, 0.15) is 11.4 Å². The second kappa shape index (κ2) is 8.06. The summed E-state index contributed by atoms with van der Waals surface area (Å²) < 4.78 is 46.7. The molecule has 1 atom stereocenters. The van der Waals surface area contributed by atoms with Gasteiger partial charge in [-0.2, -0.15) is 18.3 Å². The molecule has 0 radical (unpaired) electrons. The zero-order valence-corrected chi connectivity index (χ0v) is 14.5. The summed E-state index contributed by atoms with van der Waals surface area (Å²) in [5, 5.41) is 29.0. The Hall–Kier alpha value is -2.44. The van der Waals surface area contributed by atoms with Crippen molar-refractivity contribution in [2.75, 3.05) is 36.9 Å². The van der Waals surface area contributed by atoms with Crippen LogP contribution in [0.3, 0.4) is 0 Å². The molecule has 0 unspecified atom stereocenters. The zero-order chi connectivity index (χ0) is 19.4. The Labute approximate surface area is 152 Å². The van der Waals surface area contributed by atoms with Gasteiger partial charge in [0.1, 0.15) is 0 Å². The molecule has 2 aromatic rings. The van der Waals surface area contributed by atoms with Crippen molar-refractivity contribution in [2.45, 2.75) is 18.9 Å². The molecule has 2 aromatic heterocycles. The number of aliphatic hydroxyl groups is 1. The van der Waals surface area contributed by atoms with Crippen molar-refractivity contribution in [3.8, 4) is 0 Å². The Balaban J connectivity index is 1.81. The molecule has 0 bridgehead atoms. The van der Waals surface area contributed by atoms with Gasteiger partial charge in [-0.05, 0) is 0 Å². The molecule has 9 nitrogen and oxygen atoms in total. The van der Waals surface area contributed by atoms with Gasteiger partial charge in [0.25, 0.3) is 0 Å². The van der Waals surface area contributed by atoms with Gasteiger partial charge in [0, 0.05) is 32.7 Å². The molecular formula is C15H20F3N7O2. The summed E-state index contributed by atoms with van der Waals surface area (Å²) in [5.41, 5.74) is -0.415. The lowest BCUT2D eigenvalue weighted by Crippen LogP contribution is -2.42. The first-order valence-electron chi connectivity index (χ1n) is 8.28. The molecule has 1 fully saturated rings. The highest BCUT2D eigenvalue weighted by atomic mass is 19.4. The first kappa shape index (κ1) is 19.3. The summed E-state index contributed by atoms with van der Waals surface area (Å²) in [7, 11) is 1.64. The van der Waals surface area contributed by atoms with E-state index in [4.69, 9.17) is 4.74 Å². The number of rotatable bonds is 6. The van der Waals surface area contributed by atoms with E-state index < -0.39 is 11.9 Å². The molecule has 1 aliphatic rings. The highest BCUT2D eigenvalue weighted by Crippen LogP contribution is 2.34. The van der Waals surface area contributed by atoms with Crippen molar-refractivity contribution in [3.05, 3.63) is 23.7 Å². The van der Waals surface area contributed by atoms with Crippen molar-refractivity contribution >= 4 is 17.2 Å². The minimum Gasteiger partial charge on any atom is -0.390 e. The Morgan fingerprint density at radius 2 is 2.19 bits per heavy atom. The van der Waals surface area contributed by atoms with E-state index >= 15 is 0 Å². The van der Waals surface area contributed by atoms with Crippen LogP contribution in [-0.2, 0) is 24.6 Å². The number of hydrogen-bond acceptors (Lipinski definition) is 8. The highest BCUT2D eigenvalue weighted by molar-refractivity contribution is 5.63. The molecule has 0 saturated carbocycles. The minimum absolute atomic E-state index is 0.0934. The van der Waals surface area contributed by atoms with Gasteiger partial charge in [-0.1, -0.05) is 0 Å². The van der Waals surface area contributed by atoms with E-state index in [2.05, 4.69) is 31.2 Å². The second-order valence-electron chi connectivity index (χ2n) is 5.98. The number of nitrogens with one attached hydrogen (secondary N) is 3. The van der Waals surface area contributed by atoms with Gasteiger partial charge >= 0.3 is 6.18 Å². The quantitative estimate of drug-likeness (QED) is 0.578. The number of ether oxygens (including phenoxy) is 1. The number of morpholine rings is 1. The number of aliphatic hydroxyl groups excluding tert-OH is 1. The zero-order valence-electron chi connectivity index (χ0n) is 14.5. The average molecular weight is 387 g/mol. The number of anilines is 3. The molecule has 3 rings (SSSR count). The lowest BCUT2D eigenvalue weighted by Gasteiger charge is -2.24. The lowest BCUT2D eigenvalue weighted by molar-refractivity contribution is -0.141. The fourth-order valence-corrected chi connectivity index (χ4v) is 2.66. The van der Waals surface area contributed by atoms with Crippen LogP contribution < -0.4 is 16.0 Å². The summed E-state index contributed by atoms with van der Waals surface area (Å²) >= 11 is 0. The summed E-state index contributed by atoms with van der Waals surface area (Å²) in [4.78, 5) is 0. The largest absolute Gasteiger partial charge is 0.437 e. The maximum atomic E-state index is 13.2. The van der Waals surface area contributed by atoms with Crippen molar-refractivity contribution in [1.82, 2.24) is 25.3 Å². The van der Waals surface area contributed by atoms with Gasteiger partial charge in [0.2, 0.25) is 0 Å². The molecule has 4 N–H and O–H groups in total. The molecule has 1 aliphatic heterocycles. The Morgan fingerprint density at radius 1 is 1.37 bits per heavy atom. The minimum atomic E-state index is -4.65. The average Bonchev–Trinajstić information content (AvgIpc) is 2.99. The van der Waals surface area contributed by atoms with Crippen LogP contribution in [0.15, 0.2) is 12.3 Å². The lowest BCUT2D eigenvalue weighted by atomic mass is 10.2. The Bertz CT molecular complexity index is 775. The van der Waals surface area contributed by atoms with Crippen molar-refractivity contribution in [3.63, 3.8) is 0 Å². The Morgan fingerprint density at radius 3 is 2.85 bits per heavy atom. The fraction of sp³-hybridized carbons (Fsp3) is 0.533. The molecule has 1 saturated heterocycles. The summed E-state index contributed by atoms with van der Waals surface area (Å²) in [5.74, 6) is 0.0934. The monoisotopic (exact) mass is 387 g/mol. The number of aromatic nitrogens is 4. The van der Waals surface area contributed by atoms with Crippen LogP contribution in [0.2, 0.25) is 0 Å². The molecule has 0 amide bonds. The van der Waals surface area contributed by atoms with E-state index in [1.807, 2.05) is 0 Å². The third-order valence-corrected chi connectivity index (χ3v) is 4.06. The molecular weight excluding hydrogens is 367 g/mol. The second-order valence-corrected chi connectivity index (χ2v) is 5.98. The standard InChI is InChI=1S/C15H20F3N7O2/c1-25-12(8-26)11(7-21-25)22-13-4-10(14(24-23-13)15(16,17)18)20-6-9-5-19-2-3-27-9/h4,7,9,19,26H,2-3,5-6,8H2,1H3,(H2,20,22,23)/t9-/m1/s1. The van der Waals surface area contributed by atoms with E-state index in [1.165, 1.54) is 16.9 Å². The Kier molecular flexibility index (Phi) is 5.77. The number of nitrogens with zero attached hydrogens (tertiary/aromatic N) is 4. The first-order chi connectivity index (χ1) is 12.9. The molecule has 12 heteroatoms. The molecule has 0 aliphatic carbocycles. The van der Waals surface area contributed by atoms with Crippen LogP contribution >= 0.6 is 0 Å². The van der Waals surface area contributed by atoms with E-state index in [9.17, 15) is 18.3 Å². The molecule has 0 aromatic carbocycles. The topological polar surface area (TPSA) is 109 Å². The predicted octanol–water partition coefficient (Wildman–Crippen LogP) is 0.865. The van der Waals surface area contributed by atoms with Crippen molar-refractivity contribution in [2.24, 2.45) is 7.05 Å². The van der Waals surface area contributed by atoms with Crippen LogP contribution in [-0.4, -0.2) is 57.4 Å². The smallest absolute Gasteiger partial charge is 0.390 e. The van der Waals surface area contributed by atoms with Crippen LogP contribution in [0, 0.1) is 0 Å². The first-order valence-corrected chi connectivity index (χ1v) is 8.28. The van der Waals surface area contributed by atoms with Gasteiger partial charge in [-0.15, -0.1) is 10.2 Å². The fourth-order valence-electron chi connectivity index (χ4n) is 2.66. The molecule has 148 valence electrons. The summed E-state index contributed by atoms with van der Waals surface area (Å²) in [6.45, 7) is 1.67. The van der Waals surface area contributed by atoms with Crippen molar-refractivity contribution in [1.29, 1.82) is 0 Å². The highest BCUT2D eigenvalue weighted by Gasteiger charge is 2.36. The summed E-state index contributed by atoms with van der Waals surface area (Å²) in [6, 6.07) is 1.22. The van der Waals surface area contributed by atoms with E-state index in [-0.39, 0.29) is 30.8 Å². The van der Waals surface area contributed by atoms with E-state index in [0.29, 0.717) is 31.1 Å². The van der Waals surface area contributed by atoms with Gasteiger partial charge in [0.15, 0.2) is 11.5 Å². The molecule has 3 heterocycles. The third-order valence-electron chi connectivity index (χ3n) is 4.06. The third kappa shape index (κ3) is 4.64. The number of alkyl halides is 3. The van der Waals surface area contributed by atoms with Crippen LogP contribution in [0.25, 0.3) is 0 Å². The predicted molar refractivity (Wildman–Crippen MR) is 90.5 cm³/mol. The van der Waals surface area contributed by atoms with Gasteiger partial charge in [-0.25, -0.2) is 0 Å². The summed E-state index contributed by atoms with van der Waals surface area (Å²) in [6.07, 6.45) is -3.45. The number of aryl methyl sites for hydroxylation is 1. The van der Waals surface area contributed by atoms with Crippen molar-refractivity contribution < 1.29 is 23.0 Å². The maximum Gasteiger partial charge on any atom is 0.437 e. The van der Waals surface area contributed by atoms with E-state index in [0.717, 1.165) is 0 Å². The SMILES string of the molecule is Cn1ncc(Nc2cc(NC[C@H]3CNCCO3)c(C(F)(F)F)nn2)c1CO. The maximum absolute atomic E-state index is 13.2. The molecule has 0 spiro atoms. The van der Waals surface area contributed by atoms with Gasteiger partial charge in [0.05, 0.1) is 42.6 Å². The van der Waals surface area contributed by atoms with Gasteiger partial charge < -0.3 is 25.8 Å². The van der Waals surface area contributed by atoms with Gasteiger partial charge in [-0.3, -0.25) is 4.68 Å². The number of halogens is 3.